The van der Waals surface area contributed by atoms with Crippen LogP contribution in [0.25, 0.3) is 0 Å². The van der Waals surface area contributed by atoms with Crippen LogP contribution < -0.4 is 0 Å². The average molecular weight is 825 g/mol. The number of esters is 1. The number of carbonyl (C=O) groups is 1. The van der Waals surface area contributed by atoms with Crippen molar-refractivity contribution >= 4 is 13.8 Å². The molecule has 0 saturated carbocycles. The fourth-order valence-electron chi connectivity index (χ4n) is 5.50. The molecule has 0 rings (SSSR count). The van der Waals surface area contributed by atoms with E-state index in [0.717, 1.165) is 32.1 Å². The summed E-state index contributed by atoms with van der Waals surface area (Å²) < 4.78 is 34.8. The molecule has 10 nitrogen and oxygen atoms in total. The number of quaternary nitrogens is 1. The van der Waals surface area contributed by atoms with Crippen molar-refractivity contribution in [1.82, 2.24) is 0 Å². The third kappa shape index (κ3) is 43.3. The van der Waals surface area contributed by atoms with E-state index in [1.54, 1.807) is 19.1 Å². The highest BCUT2D eigenvalue weighted by molar-refractivity contribution is 7.47. The minimum absolute atomic E-state index is 0.0584. The first-order valence-electron chi connectivity index (χ1n) is 21.8. The van der Waals surface area contributed by atoms with Crippen LogP contribution in [0.15, 0.2) is 72.9 Å². The van der Waals surface area contributed by atoms with Crippen LogP contribution in [0.4, 0.5) is 0 Å². The molecule has 0 radical (unpaired) electrons. The topological polar surface area (TPSA) is 132 Å². The molecule has 3 N–H and O–H groups in total. The first-order valence-corrected chi connectivity index (χ1v) is 23.3. The number of unbranched alkanes of at least 4 members (excludes halogenated alkanes) is 13. The monoisotopic (exact) mass is 825 g/mol. The van der Waals surface area contributed by atoms with E-state index in [4.69, 9.17) is 18.5 Å². The van der Waals surface area contributed by atoms with Crippen LogP contribution in [0.2, 0.25) is 0 Å². The summed E-state index contributed by atoms with van der Waals surface area (Å²) in [5.41, 5.74) is 0. The van der Waals surface area contributed by atoms with Gasteiger partial charge in [0, 0.05) is 13.0 Å². The number of aliphatic hydroxyl groups is 2. The van der Waals surface area contributed by atoms with Gasteiger partial charge < -0.3 is 29.1 Å². The molecule has 0 fully saturated rings. The van der Waals surface area contributed by atoms with E-state index in [2.05, 4.69) is 13.0 Å². The van der Waals surface area contributed by atoms with Gasteiger partial charge in [0.15, 0.2) is 0 Å². The van der Waals surface area contributed by atoms with E-state index in [-0.39, 0.29) is 26.2 Å². The number of carbonyl (C=O) groups excluding carboxylic acids is 1. The summed E-state index contributed by atoms with van der Waals surface area (Å²) in [6, 6.07) is 0. The van der Waals surface area contributed by atoms with E-state index < -0.39 is 32.1 Å². The molecule has 57 heavy (non-hydrogen) atoms. The second-order valence-electron chi connectivity index (χ2n) is 15.8. The lowest BCUT2D eigenvalue weighted by molar-refractivity contribution is -0.870. The second kappa shape index (κ2) is 38.1. The van der Waals surface area contributed by atoms with Crippen molar-refractivity contribution in [2.45, 2.75) is 161 Å². The summed E-state index contributed by atoms with van der Waals surface area (Å²) in [5, 5.41) is 19.2. The molecular weight excluding hydrogens is 741 g/mol. The number of phosphoric ester groups is 1. The Morgan fingerprint density at radius 2 is 1.23 bits per heavy atom. The van der Waals surface area contributed by atoms with Gasteiger partial charge in [-0.1, -0.05) is 163 Å². The van der Waals surface area contributed by atoms with Crippen LogP contribution in [0, 0.1) is 0 Å². The number of nitrogens with zero attached hydrogens (tertiary/aromatic N) is 1. The van der Waals surface area contributed by atoms with Crippen molar-refractivity contribution in [3.8, 4) is 0 Å². The van der Waals surface area contributed by atoms with E-state index in [0.29, 0.717) is 30.5 Å². The van der Waals surface area contributed by atoms with Crippen LogP contribution in [0.1, 0.15) is 142 Å². The fourth-order valence-corrected chi connectivity index (χ4v) is 6.24. The van der Waals surface area contributed by atoms with Gasteiger partial charge in [-0.25, -0.2) is 4.57 Å². The molecule has 0 aliphatic rings. The maximum Gasteiger partial charge on any atom is 0.472 e. The lowest BCUT2D eigenvalue weighted by atomic mass is 10.0. The number of likely N-dealkylation sites (N-methyl/N-ethyl adjacent to an activating group) is 1. The van der Waals surface area contributed by atoms with Crippen LogP contribution >= 0.6 is 7.82 Å². The molecule has 0 aromatic carbocycles. The first kappa shape index (κ1) is 54.9. The predicted molar refractivity (Wildman–Crippen MR) is 236 cm³/mol. The summed E-state index contributed by atoms with van der Waals surface area (Å²) in [6.07, 6.45) is 42.6. The quantitative estimate of drug-likeness (QED) is 0.0138. The highest BCUT2D eigenvalue weighted by Gasteiger charge is 2.26. The lowest BCUT2D eigenvalue weighted by Gasteiger charge is -2.24. The van der Waals surface area contributed by atoms with Crippen LogP contribution in [0.5, 0.6) is 0 Å². The van der Waals surface area contributed by atoms with E-state index >= 15 is 0 Å². The molecule has 0 heterocycles. The zero-order valence-electron chi connectivity index (χ0n) is 36.5. The second-order valence-corrected chi connectivity index (χ2v) is 17.3. The molecule has 0 spiro atoms. The smallest absolute Gasteiger partial charge is 0.457 e. The van der Waals surface area contributed by atoms with Gasteiger partial charge in [0.25, 0.3) is 0 Å². The molecule has 0 amide bonds. The van der Waals surface area contributed by atoms with E-state index in [1.165, 1.54) is 77.0 Å². The van der Waals surface area contributed by atoms with Crippen LogP contribution in [-0.4, -0.2) is 98.0 Å². The van der Waals surface area contributed by atoms with Crippen molar-refractivity contribution in [3.63, 3.8) is 0 Å². The summed E-state index contributed by atoms with van der Waals surface area (Å²) in [7, 11) is 1.56. The van der Waals surface area contributed by atoms with Gasteiger partial charge in [-0.2, -0.15) is 0 Å². The average Bonchev–Trinajstić information content (AvgIpc) is 3.14. The maximum absolute atomic E-state index is 12.7. The third-order valence-electron chi connectivity index (χ3n) is 8.89. The Balaban J connectivity index is 4.45. The number of hydrogen-bond acceptors (Lipinski definition) is 8. The summed E-state index contributed by atoms with van der Waals surface area (Å²) in [4.78, 5) is 22.8. The molecule has 4 unspecified atom stereocenters. The summed E-state index contributed by atoms with van der Waals surface area (Å²) >= 11 is 0. The Kier molecular flexibility index (Phi) is 36.7. The largest absolute Gasteiger partial charge is 0.472 e. The van der Waals surface area contributed by atoms with Crippen molar-refractivity contribution in [2.75, 3.05) is 54.1 Å². The van der Waals surface area contributed by atoms with Gasteiger partial charge in [0.1, 0.15) is 19.3 Å². The molecule has 0 aliphatic carbocycles. The molecule has 0 saturated heterocycles. The van der Waals surface area contributed by atoms with Crippen LogP contribution in [0.3, 0.4) is 0 Å². The third-order valence-corrected chi connectivity index (χ3v) is 9.87. The molecular formula is C46H83NO9P+. The standard InChI is InChI=1S/C46H82NO9P/c1-6-7-8-9-10-11-12-13-14-17-20-23-28-33-39-53-41-45(42-55-57(51,52)54-40-38-47(3,4)5)56-46(50)37-32-25-22-19-16-15-18-21-24-30-35-44(49)36-31-27-26-29-34-43(2)48/h15-16,21-22,24-25,27,29-31,34-35,43-45,48-49H,6-14,17-20,23,26,28,32-33,36-42H2,1-5H3/p+1/b16-15+,24-21+,25-22+,31-27+,34-29-,35-30-. The number of rotatable bonds is 39. The Labute approximate surface area is 348 Å². The van der Waals surface area contributed by atoms with E-state index in [1.807, 2.05) is 75.8 Å². The van der Waals surface area contributed by atoms with Crippen molar-refractivity contribution < 1.29 is 47.5 Å². The minimum Gasteiger partial charge on any atom is -0.457 e. The number of phosphoric acid groups is 1. The number of ether oxygens (including phenoxy) is 2. The van der Waals surface area contributed by atoms with Crippen molar-refractivity contribution in [3.05, 3.63) is 72.9 Å². The van der Waals surface area contributed by atoms with Gasteiger partial charge in [-0.3, -0.25) is 13.8 Å². The lowest BCUT2D eigenvalue weighted by Crippen LogP contribution is -2.37. The van der Waals surface area contributed by atoms with Crippen molar-refractivity contribution in [2.24, 2.45) is 0 Å². The molecule has 330 valence electrons. The zero-order valence-corrected chi connectivity index (χ0v) is 37.4. The van der Waals surface area contributed by atoms with E-state index in [9.17, 15) is 24.5 Å². The number of hydrogen-bond donors (Lipinski definition) is 3. The molecule has 0 aromatic rings. The highest BCUT2D eigenvalue weighted by Crippen LogP contribution is 2.43. The van der Waals surface area contributed by atoms with Gasteiger partial charge >= 0.3 is 13.8 Å². The molecule has 11 heteroatoms. The normalized spacial score (nSPS) is 15.6. The minimum atomic E-state index is -4.31. The predicted octanol–water partition coefficient (Wildman–Crippen LogP) is 10.7. The Hall–Kier alpha value is -2.14. The van der Waals surface area contributed by atoms with Gasteiger partial charge in [-0.05, 0) is 45.4 Å². The van der Waals surface area contributed by atoms with Gasteiger partial charge in [0.05, 0.1) is 46.6 Å². The Bertz CT molecular complexity index is 1170. The van der Waals surface area contributed by atoms with Crippen molar-refractivity contribution in [1.29, 1.82) is 0 Å². The SMILES string of the molecule is CCCCCCCCCCCCCCCCOCC(COP(=O)(O)OCC[N+](C)(C)C)OC(=O)CC/C=C/C/C=C/C/C=C/C=C\C(O)C/C=C/C/C=C\C(C)O. The summed E-state index contributed by atoms with van der Waals surface area (Å²) in [5.74, 6) is -0.424. The number of aliphatic hydroxyl groups excluding tert-OH is 2. The molecule has 0 aromatic heterocycles. The first-order chi connectivity index (χ1) is 27.3. The van der Waals surface area contributed by atoms with Gasteiger partial charge in [-0.15, -0.1) is 0 Å². The number of allylic oxidation sites excluding steroid dienone is 9. The molecule has 0 aliphatic heterocycles. The Morgan fingerprint density at radius 1 is 0.667 bits per heavy atom. The highest BCUT2D eigenvalue weighted by atomic mass is 31.2. The molecule has 4 atom stereocenters. The maximum atomic E-state index is 12.7. The zero-order chi connectivity index (χ0) is 42.3. The van der Waals surface area contributed by atoms with Gasteiger partial charge in [0.2, 0.25) is 0 Å². The Morgan fingerprint density at radius 3 is 1.84 bits per heavy atom. The summed E-state index contributed by atoms with van der Waals surface area (Å²) in [6.45, 7) is 4.87. The van der Waals surface area contributed by atoms with Crippen LogP contribution in [-0.2, 0) is 27.9 Å². The molecule has 0 bridgehead atoms. The fraction of sp³-hybridized carbons (Fsp3) is 0.717.